The number of hydrogen-bond acceptors (Lipinski definition) is 4. The van der Waals surface area contributed by atoms with Gasteiger partial charge in [0.05, 0.1) is 4.90 Å². The van der Waals surface area contributed by atoms with Gasteiger partial charge in [0.15, 0.2) is 0 Å². The van der Waals surface area contributed by atoms with E-state index in [1.54, 1.807) is 4.90 Å². The lowest BCUT2D eigenvalue weighted by atomic mass is 10.2. The van der Waals surface area contributed by atoms with Crippen molar-refractivity contribution in [3.63, 3.8) is 0 Å². The van der Waals surface area contributed by atoms with Gasteiger partial charge in [0.2, 0.25) is 15.9 Å². The largest absolute Gasteiger partial charge is 0.355 e. The maximum atomic E-state index is 12.7. The second-order valence-electron chi connectivity index (χ2n) is 5.37. The third-order valence-electron chi connectivity index (χ3n) is 3.88. The summed E-state index contributed by atoms with van der Waals surface area (Å²) in [6.07, 6.45) is 0.606. The van der Waals surface area contributed by atoms with Crippen LogP contribution in [0.2, 0.25) is 0 Å². The van der Waals surface area contributed by atoms with Gasteiger partial charge in [-0.15, -0.1) is 0 Å². The van der Waals surface area contributed by atoms with Crippen molar-refractivity contribution in [3.05, 3.63) is 29.8 Å². The average Bonchev–Trinajstić information content (AvgIpc) is 2.81. The van der Waals surface area contributed by atoms with Gasteiger partial charge in [0.1, 0.15) is 0 Å². The van der Waals surface area contributed by atoms with Crippen molar-refractivity contribution in [3.8, 4) is 0 Å². The van der Waals surface area contributed by atoms with Crippen molar-refractivity contribution in [2.24, 2.45) is 0 Å². The highest BCUT2D eigenvalue weighted by atomic mass is 32.2. The molecule has 126 valence electrons. The Morgan fingerprint density at radius 3 is 2.26 bits per heavy atom. The number of nitrogens with one attached hydrogen (secondary N) is 1. The standard InChI is InChI=1S/C15H21N3O4S/c1-12(19)17-8-3-9-18(11-10-17)23(21,22)14-6-4-13(5-7-14)15(20)16-2/h4-7H,3,8-11H2,1-2H3,(H,16,20). The zero-order chi connectivity index (χ0) is 17.0. The number of sulfonamides is 1. The van der Waals surface area contributed by atoms with E-state index in [1.807, 2.05) is 0 Å². The van der Waals surface area contributed by atoms with Gasteiger partial charge >= 0.3 is 0 Å². The summed E-state index contributed by atoms with van der Waals surface area (Å²) < 4.78 is 26.8. The minimum absolute atomic E-state index is 0.0424. The number of carbonyl (C=O) groups excluding carboxylic acids is 2. The topological polar surface area (TPSA) is 86.8 Å². The third kappa shape index (κ3) is 3.89. The molecule has 0 bridgehead atoms. The molecule has 0 radical (unpaired) electrons. The first-order valence-electron chi connectivity index (χ1n) is 7.44. The van der Waals surface area contributed by atoms with Crippen molar-refractivity contribution >= 4 is 21.8 Å². The maximum absolute atomic E-state index is 12.7. The molecular formula is C15H21N3O4S. The van der Waals surface area contributed by atoms with Crippen molar-refractivity contribution in [2.75, 3.05) is 33.2 Å². The number of nitrogens with zero attached hydrogens (tertiary/aromatic N) is 2. The van der Waals surface area contributed by atoms with E-state index in [2.05, 4.69) is 5.32 Å². The Kier molecular flexibility index (Phi) is 5.38. The van der Waals surface area contributed by atoms with Crippen molar-refractivity contribution in [2.45, 2.75) is 18.2 Å². The Morgan fingerprint density at radius 2 is 1.70 bits per heavy atom. The lowest BCUT2D eigenvalue weighted by Gasteiger charge is -2.21. The van der Waals surface area contributed by atoms with Gasteiger partial charge in [-0.3, -0.25) is 9.59 Å². The normalized spacial score (nSPS) is 16.7. The maximum Gasteiger partial charge on any atom is 0.251 e. The van der Waals surface area contributed by atoms with Crippen LogP contribution >= 0.6 is 0 Å². The van der Waals surface area contributed by atoms with Gasteiger partial charge < -0.3 is 10.2 Å². The SMILES string of the molecule is CNC(=O)c1ccc(S(=O)(=O)N2CCCN(C(C)=O)CC2)cc1. The van der Waals surface area contributed by atoms with Crippen LogP contribution in [-0.4, -0.2) is 62.7 Å². The van der Waals surface area contributed by atoms with Gasteiger partial charge in [0.25, 0.3) is 5.91 Å². The lowest BCUT2D eigenvalue weighted by Crippen LogP contribution is -2.36. The molecular weight excluding hydrogens is 318 g/mol. The molecule has 1 N–H and O–H groups in total. The summed E-state index contributed by atoms with van der Waals surface area (Å²) in [5.41, 5.74) is 0.407. The fraction of sp³-hybridized carbons (Fsp3) is 0.467. The van der Waals surface area contributed by atoms with Gasteiger partial charge in [-0.25, -0.2) is 8.42 Å². The summed E-state index contributed by atoms with van der Waals surface area (Å²) in [5, 5.41) is 2.49. The van der Waals surface area contributed by atoms with Crippen LogP contribution in [0.4, 0.5) is 0 Å². The van der Waals surface area contributed by atoms with E-state index in [0.717, 1.165) is 0 Å². The molecule has 1 aromatic carbocycles. The molecule has 0 atom stereocenters. The van der Waals surface area contributed by atoms with E-state index in [0.29, 0.717) is 31.6 Å². The Labute approximate surface area is 136 Å². The number of amides is 2. The molecule has 2 amide bonds. The fourth-order valence-corrected chi connectivity index (χ4v) is 3.99. The lowest BCUT2D eigenvalue weighted by molar-refractivity contribution is -0.128. The minimum Gasteiger partial charge on any atom is -0.355 e. The smallest absolute Gasteiger partial charge is 0.251 e. The highest BCUT2D eigenvalue weighted by Gasteiger charge is 2.27. The highest BCUT2D eigenvalue weighted by Crippen LogP contribution is 2.18. The quantitative estimate of drug-likeness (QED) is 0.857. The molecule has 0 unspecified atom stereocenters. The van der Waals surface area contributed by atoms with Crippen LogP contribution < -0.4 is 5.32 Å². The molecule has 1 aliphatic heterocycles. The molecule has 1 aromatic rings. The number of hydrogen-bond donors (Lipinski definition) is 1. The van der Waals surface area contributed by atoms with Crippen LogP contribution in [0.1, 0.15) is 23.7 Å². The first-order valence-corrected chi connectivity index (χ1v) is 8.88. The molecule has 23 heavy (non-hydrogen) atoms. The number of benzene rings is 1. The molecule has 0 aliphatic carbocycles. The second-order valence-corrected chi connectivity index (χ2v) is 7.31. The Bertz CT molecular complexity index is 685. The van der Waals surface area contributed by atoms with E-state index in [4.69, 9.17) is 0 Å². The zero-order valence-corrected chi connectivity index (χ0v) is 14.1. The van der Waals surface area contributed by atoms with E-state index < -0.39 is 10.0 Å². The monoisotopic (exact) mass is 339 g/mol. The zero-order valence-electron chi connectivity index (χ0n) is 13.3. The summed E-state index contributed by atoms with van der Waals surface area (Å²) >= 11 is 0. The predicted molar refractivity (Wildman–Crippen MR) is 85.5 cm³/mol. The van der Waals surface area contributed by atoms with E-state index >= 15 is 0 Å². The molecule has 0 spiro atoms. The van der Waals surface area contributed by atoms with Gasteiger partial charge in [-0.05, 0) is 30.7 Å². The molecule has 1 saturated heterocycles. The Balaban J connectivity index is 2.17. The van der Waals surface area contributed by atoms with Crippen LogP contribution in [0.5, 0.6) is 0 Å². The first kappa shape index (κ1) is 17.4. The summed E-state index contributed by atoms with van der Waals surface area (Å²) in [7, 11) is -2.10. The predicted octanol–water partition coefficient (Wildman–Crippen LogP) is 0.289. The van der Waals surface area contributed by atoms with Gasteiger partial charge in [0, 0.05) is 45.7 Å². The summed E-state index contributed by atoms with van der Waals surface area (Å²) in [6, 6.07) is 5.86. The molecule has 2 rings (SSSR count). The van der Waals surface area contributed by atoms with E-state index in [9.17, 15) is 18.0 Å². The molecule has 0 aromatic heterocycles. The van der Waals surface area contributed by atoms with Crippen molar-refractivity contribution in [1.82, 2.24) is 14.5 Å². The van der Waals surface area contributed by atoms with Crippen molar-refractivity contribution in [1.29, 1.82) is 0 Å². The van der Waals surface area contributed by atoms with Crippen LogP contribution in [0.15, 0.2) is 29.2 Å². The average molecular weight is 339 g/mol. The Morgan fingerprint density at radius 1 is 1.04 bits per heavy atom. The summed E-state index contributed by atoms with van der Waals surface area (Å²) in [5.74, 6) is -0.306. The second kappa shape index (κ2) is 7.10. The van der Waals surface area contributed by atoms with Crippen LogP contribution in [-0.2, 0) is 14.8 Å². The van der Waals surface area contributed by atoms with Crippen LogP contribution in [0, 0.1) is 0 Å². The number of carbonyl (C=O) groups is 2. The van der Waals surface area contributed by atoms with E-state index in [-0.39, 0.29) is 23.3 Å². The third-order valence-corrected chi connectivity index (χ3v) is 5.79. The summed E-state index contributed by atoms with van der Waals surface area (Å²) in [6.45, 7) is 3.10. The highest BCUT2D eigenvalue weighted by molar-refractivity contribution is 7.89. The number of rotatable bonds is 3. The molecule has 0 saturated carbocycles. The molecule has 1 fully saturated rings. The minimum atomic E-state index is -3.62. The van der Waals surface area contributed by atoms with Crippen LogP contribution in [0.3, 0.4) is 0 Å². The van der Waals surface area contributed by atoms with Crippen molar-refractivity contribution < 1.29 is 18.0 Å². The fourth-order valence-electron chi connectivity index (χ4n) is 2.52. The molecule has 8 heteroatoms. The molecule has 1 heterocycles. The molecule has 7 nitrogen and oxygen atoms in total. The van der Waals surface area contributed by atoms with Crippen LogP contribution in [0.25, 0.3) is 0 Å². The first-order chi connectivity index (χ1) is 10.9. The van der Waals surface area contributed by atoms with E-state index in [1.165, 1.54) is 42.5 Å². The van der Waals surface area contributed by atoms with Gasteiger partial charge in [-0.1, -0.05) is 0 Å². The van der Waals surface area contributed by atoms with Gasteiger partial charge in [-0.2, -0.15) is 4.31 Å². The summed E-state index contributed by atoms with van der Waals surface area (Å²) in [4.78, 5) is 24.8. The Hall–Kier alpha value is -1.93. The molecule has 1 aliphatic rings.